The number of rotatable bonds is 23. The normalized spacial score (nSPS) is 11.3. The van der Waals surface area contributed by atoms with E-state index in [1.807, 2.05) is 103 Å². The van der Waals surface area contributed by atoms with Gasteiger partial charge in [-0.1, -0.05) is 272 Å². The summed E-state index contributed by atoms with van der Waals surface area (Å²) in [4.78, 5) is 20.2. The summed E-state index contributed by atoms with van der Waals surface area (Å²) in [5, 5.41) is 61.2. The minimum atomic E-state index is -0.395. The quantitative estimate of drug-likeness (QED) is 0.0163. The fraction of sp³-hybridized carbons (Fsp3) is 0.465. The van der Waals surface area contributed by atoms with E-state index in [2.05, 4.69) is 385 Å². The Morgan fingerprint density at radius 3 is 0.911 bits per heavy atom. The van der Waals surface area contributed by atoms with Gasteiger partial charge in [-0.25, -0.2) is 0 Å². The van der Waals surface area contributed by atoms with Crippen molar-refractivity contribution in [2.75, 3.05) is 120 Å². The second-order valence-electron chi connectivity index (χ2n) is 41.0. The number of hydrogen-bond donors (Lipinski definition) is 10. The van der Waals surface area contributed by atoms with Crippen molar-refractivity contribution in [1.82, 2.24) is 0 Å². The van der Waals surface area contributed by atoms with Gasteiger partial charge in [0.05, 0.1) is 16.5 Å². The molecule has 0 aliphatic rings. The minimum absolute atomic E-state index is 0.0413. The molecule has 0 aliphatic heterocycles. The molecule has 0 atom stereocenters. The average molecular weight is 2100 g/mol. The van der Waals surface area contributed by atoms with Crippen molar-refractivity contribution in [3.05, 3.63) is 265 Å². The summed E-state index contributed by atoms with van der Waals surface area (Å²) in [5.74, 6) is 0.785. The number of halogens is 6. The SMILES string of the molecule is CC(C)(C)CNc1ccc(Br)cc1.CC(C)(C)CNc1ccc(Cl)cc1.CC(C)(C)CNc1ccc(I)cc1.CC(C)(C)CNc1ccc([N+](=O)[O-])cc1.CC(C)(C)CNc1cccc(Br)c1.CC(C)(C)CNc1cccc(Cl)c1.CC(C)(C)CNc1cccc(I)c1.CC(C)(C)CNc1cccc(OCCO)c1.CC(C)(C)CNc1cccc([N+](=O)[O-])c1. The Morgan fingerprint density at radius 1 is 0.298 bits per heavy atom. The first-order valence-electron chi connectivity index (χ1n) is 42.1. The van der Waals surface area contributed by atoms with Crippen LogP contribution in [0.15, 0.2) is 227 Å². The Labute approximate surface area is 801 Å². The van der Waals surface area contributed by atoms with Crippen LogP contribution in [0.3, 0.4) is 0 Å². The Bertz CT molecular complexity index is 4140. The van der Waals surface area contributed by atoms with Gasteiger partial charge in [-0.2, -0.15) is 0 Å². The highest BCUT2D eigenvalue weighted by molar-refractivity contribution is 14.1. The summed E-state index contributed by atoms with van der Waals surface area (Å²) in [6, 6.07) is 69.8. The van der Waals surface area contributed by atoms with E-state index in [0.29, 0.717) is 39.1 Å². The molecule has 0 fully saturated rings. The molecule has 10 N–H and O–H groups in total. The molecule has 0 spiro atoms. The Kier molecular flexibility index (Phi) is 52.6. The van der Waals surface area contributed by atoms with Crippen LogP contribution in [-0.4, -0.2) is 87.1 Å². The number of ether oxygens (including phenoxy) is 1. The van der Waals surface area contributed by atoms with Crippen molar-refractivity contribution in [2.45, 2.75) is 187 Å². The standard InChI is InChI=1S/C13H21NO2.2C11H16BrN.2C11H16ClN.2C11H16IN.2C11H16N2O2/c1-13(2,3)10-14-11-5-4-6-12(9-11)16-8-7-15;1-11(2,3)8-13-10-6-4-9(12)5-7-10;1-11(2,3)8-13-10-6-4-5-9(12)7-10;1-11(2,3)8-13-10-6-4-9(12)5-7-10;1-11(2,3)8-13-10-6-4-5-9(12)7-10;1-11(2,3)8-13-10-6-4-9(12)5-7-10;1-11(2,3)8-13-10-6-4-5-9(12)7-10;1-11(2,3)8-12-9-4-6-10(7-5-9)13(14)15;1-11(2,3)8-12-9-5-4-6-10(7-9)13(14)15/h4-6,9,14-15H,7-8,10H2,1-3H3;6*4-7,13H,8H2,1-3H3;2*4-7,12H,8H2,1-3H3. The number of anilines is 9. The van der Waals surface area contributed by atoms with Gasteiger partial charge >= 0.3 is 0 Å². The maximum atomic E-state index is 10.5. The molecule has 9 rings (SSSR count). The van der Waals surface area contributed by atoms with Crippen LogP contribution in [0.2, 0.25) is 10.0 Å². The molecule has 0 amide bonds. The molecule has 9 aromatic rings. The molecule has 124 heavy (non-hydrogen) atoms. The van der Waals surface area contributed by atoms with Crippen LogP contribution in [-0.2, 0) is 0 Å². The Morgan fingerprint density at radius 2 is 0.581 bits per heavy atom. The lowest BCUT2D eigenvalue weighted by Crippen LogP contribution is -2.18. The third-order valence-electron chi connectivity index (χ3n) is 15.7. The van der Waals surface area contributed by atoms with Crippen LogP contribution in [0.5, 0.6) is 5.75 Å². The van der Waals surface area contributed by atoms with E-state index in [1.165, 1.54) is 48.1 Å². The number of benzene rings is 9. The van der Waals surface area contributed by atoms with Crippen LogP contribution in [0, 0.1) is 76.1 Å². The highest BCUT2D eigenvalue weighted by Gasteiger charge is 2.17. The average Bonchev–Trinajstić information content (AvgIpc) is 1.07. The predicted octanol–water partition coefficient (Wildman–Crippen LogP) is 31.5. The van der Waals surface area contributed by atoms with Gasteiger partial charge in [0.25, 0.3) is 11.4 Å². The number of nitrogens with one attached hydrogen (secondary N) is 9. The highest BCUT2D eigenvalue weighted by atomic mass is 127. The first kappa shape index (κ1) is 115. The number of hydrogen-bond acceptors (Lipinski definition) is 15. The van der Waals surface area contributed by atoms with Gasteiger partial charge in [0.15, 0.2) is 0 Å². The molecule has 0 unspecified atom stereocenters. The summed E-state index contributed by atoms with van der Waals surface area (Å²) in [5.41, 5.74) is 12.5. The van der Waals surface area contributed by atoms with E-state index in [-0.39, 0.29) is 39.1 Å². The molecule has 23 heteroatoms. The topological polar surface area (TPSA) is 224 Å². The Balaban J connectivity index is 0.000000698. The lowest BCUT2D eigenvalue weighted by Gasteiger charge is -2.19. The van der Waals surface area contributed by atoms with E-state index in [9.17, 15) is 20.2 Å². The first-order valence-corrected chi connectivity index (χ1v) is 46.6. The van der Waals surface area contributed by atoms with E-state index < -0.39 is 4.92 Å². The number of non-ortho nitro benzene ring substituents is 2. The molecule has 9 aromatic carbocycles. The molecule has 0 saturated heterocycles. The second kappa shape index (κ2) is 56.8. The zero-order chi connectivity index (χ0) is 94.4. The molecule has 0 bridgehead atoms. The number of nitrogens with zero attached hydrogens (tertiary/aromatic N) is 2. The predicted molar refractivity (Wildman–Crippen MR) is 566 cm³/mol. The number of aliphatic hydroxyl groups is 1. The van der Waals surface area contributed by atoms with Gasteiger partial charge in [0.1, 0.15) is 12.4 Å². The van der Waals surface area contributed by atoms with Crippen LogP contribution in [0.25, 0.3) is 0 Å². The van der Waals surface area contributed by atoms with E-state index >= 15 is 0 Å². The third-order valence-corrected chi connectivity index (χ3v) is 18.6. The lowest BCUT2D eigenvalue weighted by molar-refractivity contribution is -0.385. The highest BCUT2D eigenvalue weighted by Crippen LogP contribution is 2.28. The number of nitro groups is 2. The van der Waals surface area contributed by atoms with Crippen molar-refractivity contribution in [1.29, 1.82) is 0 Å². The first-order chi connectivity index (χ1) is 57.1. The van der Waals surface area contributed by atoms with Gasteiger partial charge in [0, 0.05) is 167 Å². The largest absolute Gasteiger partial charge is 0.491 e. The lowest BCUT2D eigenvalue weighted by atomic mass is 9.97. The molecule has 0 heterocycles. The maximum Gasteiger partial charge on any atom is 0.271 e. The summed E-state index contributed by atoms with van der Waals surface area (Å²) < 4.78 is 10.1. The number of nitro benzene ring substituents is 2. The molecular formula is C101H149Br2Cl2I2N11O6. The van der Waals surface area contributed by atoms with Gasteiger partial charge < -0.3 is 57.7 Å². The zero-order valence-electron chi connectivity index (χ0n) is 79.2. The molecule has 0 saturated carbocycles. The van der Waals surface area contributed by atoms with E-state index in [1.54, 1.807) is 24.3 Å². The molecule has 17 nitrogen and oxygen atoms in total. The number of aliphatic hydroxyl groups excluding tert-OH is 1. The minimum Gasteiger partial charge on any atom is -0.491 e. The van der Waals surface area contributed by atoms with Crippen molar-refractivity contribution in [3.8, 4) is 5.75 Å². The van der Waals surface area contributed by atoms with Crippen LogP contribution in [0.4, 0.5) is 62.6 Å². The third kappa shape index (κ3) is 67.1. The van der Waals surface area contributed by atoms with Crippen molar-refractivity contribution < 1.29 is 19.7 Å². The molecule has 0 aromatic heterocycles. The van der Waals surface area contributed by atoms with Gasteiger partial charge in [-0.15, -0.1) is 0 Å². The molecule has 0 radical (unpaired) electrons. The summed E-state index contributed by atoms with van der Waals surface area (Å²) in [7, 11) is 0. The summed E-state index contributed by atoms with van der Waals surface area (Å²) in [6.45, 7) is 68.0. The zero-order valence-corrected chi connectivity index (χ0v) is 88.2. The fourth-order valence-corrected chi connectivity index (χ4v) is 11.0. The van der Waals surface area contributed by atoms with Gasteiger partial charge in [-0.05, 0) is 252 Å². The van der Waals surface area contributed by atoms with Crippen molar-refractivity contribution >= 4 is 163 Å². The molecule has 0 aliphatic carbocycles. The smallest absolute Gasteiger partial charge is 0.271 e. The van der Waals surface area contributed by atoms with Crippen molar-refractivity contribution in [2.24, 2.45) is 48.7 Å². The monoisotopic (exact) mass is 2090 g/mol. The van der Waals surface area contributed by atoms with Crippen LogP contribution in [0.1, 0.15) is 187 Å². The van der Waals surface area contributed by atoms with Crippen LogP contribution >= 0.6 is 100 Å². The van der Waals surface area contributed by atoms with Crippen LogP contribution < -0.4 is 52.6 Å². The van der Waals surface area contributed by atoms with Crippen molar-refractivity contribution in [3.63, 3.8) is 0 Å². The fourth-order valence-electron chi connectivity index (χ4n) is 9.09. The Hall–Kier alpha value is -7.26. The molecular weight excluding hydrogens is 1950 g/mol. The molecule has 686 valence electrons. The van der Waals surface area contributed by atoms with Gasteiger partial charge in [0.2, 0.25) is 0 Å². The summed E-state index contributed by atoms with van der Waals surface area (Å²) >= 11 is 23.1. The second-order valence-corrected chi connectivity index (χ2v) is 46.2. The van der Waals surface area contributed by atoms with Gasteiger partial charge in [-0.3, -0.25) is 20.2 Å². The van der Waals surface area contributed by atoms with E-state index in [4.69, 9.17) is 33.0 Å². The summed E-state index contributed by atoms with van der Waals surface area (Å²) in [6.07, 6.45) is 0. The maximum absolute atomic E-state index is 10.5. The van der Waals surface area contributed by atoms with E-state index in [0.717, 1.165) is 112 Å².